The van der Waals surface area contributed by atoms with E-state index in [4.69, 9.17) is 23.7 Å². The molecular formula is C18H32O16. The molecule has 3 heterocycles. The molecule has 3 rings (SSSR count). The minimum Gasteiger partial charge on any atom is -0.394 e. The number of ether oxygens (including phenoxy) is 5. The fourth-order valence-electron chi connectivity index (χ4n) is 4.02. The van der Waals surface area contributed by atoms with Crippen molar-refractivity contribution in [2.75, 3.05) is 19.8 Å². The molecule has 15 atom stereocenters. The van der Waals surface area contributed by atoms with Crippen LogP contribution in [0.5, 0.6) is 0 Å². The van der Waals surface area contributed by atoms with Crippen LogP contribution in [0.25, 0.3) is 0 Å². The molecule has 200 valence electrons. The lowest BCUT2D eigenvalue weighted by Crippen LogP contribution is -2.66. The third kappa shape index (κ3) is 5.37. The van der Waals surface area contributed by atoms with E-state index in [0.29, 0.717) is 0 Å². The second-order valence-corrected chi connectivity index (χ2v) is 8.33. The van der Waals surface area contributed by atoms with E-state index in [1.165, 1.54) is 0 Å². The first-order valence-electron chi connectivity index (χ1n) is 10.6. The van der Waals surface area contributed by atoms with E-state index in [0.717, 1.165) is 0 Å². The normalized spacial score (nSPS) is 52.5. The summed E-state index contributed by atoms with van der Waals surface area (Å²) >= 11 is 0. The van der Waals surface area contributed by atoms with Crippen LogP contribution in [0.1, 0.15) is 0 Å². The Morgan fingerprint density at radius 3 is 1.38 bits per heavy atom. The Kier molecular flexibility index (Phi) is 9.54. The van der Waals surface area contributed by atoms with Crippen LogP contribution in [0.15, 0.2) is 0 Å². The zero-order valence-corrected chi connectivity index (χ0v) is 17.7. The van der Waals surface area contributed by atoms with Crippen molar-refractivity contribution in [3.05, 3.63) is 0 Å². The second-order valence-electron chi connectivity index (χ2n) is 8.33. The molecule has 0 aromatic rings. The van der Waals surface area contributed by atoms with Crippen molar-refractivity contribution in [3.63, 3.8) is 0 Å². The van der Waals surface area contributed by atoms with Gasteiger partial charge in [0.25, 0.3) is 0 Å². The van der Waals surface area contributed by atoms with E-state index in [2.05, 4.69) is 0 Å². The molecule has 16 heteroatoms. The monoisotopic (exact) mass is 504 g/mol. The smallest absolute Gasteiger partial charge is 0.187 e. The Hall–Kier alpha value is -0.640. The predicted octanol–water partition coefficient (Wildman–Crippen LogP) is -7.57. The lowest BCUT2D eigenvalue weighted by atomic mass is 9.96. The van der Waals surface area contributed by atoms with Gasteiger partial charge < -0.3 is 79.9 Å². The van der Waals surface area contributed by atoms with E-state index < -0.39 is 112 Å². The topological polar surface area (TPSA) is 269 Å². The van der Waals surface area contributed by atoms with Crippen LogP contribution in [0.4, 0.5) is 0 Å². The summed E-state index contributed by atoms with van der Waals surface area (Å²) in [5.41, 5.74) is 0. The fraction of sp³-hybridized carbons (Fsp3) is 1.00. The maximum Gasteiger partial charge on any atom is 0.187 e. The van der Waals surface area contributed by atoms with Crippen LogP contribution in [-0.4, -0.2) is 168 Å². The summed E-state index contributed by atoms with van der Waals surface area (Å²) in [7, 11) is 0. The lowest BCUT2D eigenvalue weighted by Gasteiger charge is -2.48. The molecular weight excluding hydrogens is 472 g/mol. The molecule has 11 N–H and O–H groups in total. The molecule has 0 amide bonds. The number of aliphatic hydroxyl groups is 11. The first kappa shape index (κ1) is 27.9. The van der Waals surface area contributed by atoms with Gasteiger partial charge in [-0.15, -0.1) is 0 Å². The maximum absolute atomic E-state index is 10.6. The van der Waals surface area contributed by atoms with E-state index in [-0.39, 0.29) is 0 Å². The molecule has 34 heavy (non-hydrogen) atoms. The van der Waals surface area contributed by atoms with E-state index >= 15 is 0 Å². The Morgan fingerprint density at radius 2 is 0.853 bits per heavy atom. The Morgan fingerprint density at radius 1 is 0.441 bits per heavy atom. The van der Waals surface area contributed by atoms with Crippen LogP contribution >= 0.6 is 0 Å². The van der Waals surface area contributed by atoms with Crippen molar-refractivity contribution in [3.8, 4) is 0 Å². The zero-order chi connectivity index (χ0) is 25.3. The van der Waals surface area contributed by atoms with Gasteiger partial charge in [0.05, 0.1) is 19.8 Å². The maximum atomic E-state index is 10.6. The summed E-state index contributed by atoms with van der Waals surface area (Å²) < 4.78 is 26.5. The highest BCUT2D eigenvalue weighted by Gasteiger charge is 2.53. The first-order valence-corrected chi connectivity index (χ1v) is 10.6. The summed E-state index contributed by atoms with van der Waals surface area (Å²) in [6.07, 6.45) is -25.7. The van der Waals surface area contributed by atoms with Gasteiger partial charge in [0.1, 0.15) is 73.2 Å². The minimum absolute atomic E-state index is 0.734. The number of hydrogen-bond donors (Lipinski definition) is 11. The number of aliphatic hydroxyl groups excluding tert-OH is 11. The molecule has 0 spiro atoms. The van der Waals surface area contributed by atoms with Crippen LogP contribution in [0.3, 0.4) is 0 Å². The Balaban J connectivity index is 1.82. The van der Waals surface area contributed by atoms with Crippen molar-refractivity contribution in [1.29, 1.82) is 0 Å². The standard InChI is InChI=1S/C18H32O16/c19-1-4-8(23)11(26)14(16(29)30-4)33-18-15(12(27)9(24)6(3-21)32-18)34-17-13(28)10(25)7(22)5(2-20)31-17/h4-29H,1-3H2/t4?,5?,6?,7-,8-,9-,10?,11?,12?,13?,14?,15?,16-,17+,18+/m1/s1. The minimum atomic E-state index is -1.90. The van der Waals surface area contributed by atoms with Crippen LogP contribution in [0, 0.1) is 0 Å². The van der Waals surface area contributed by atoms with Gasteiger partial charge in [0, 0.05) is 0 Å². The van der Waals surface area contributed by atoms with Gasteiger partial charge in [0.15, 0.2) is 18.9 Å². The van der Waals surface area contributed by atoms with Crippen molar-refractivity contribution < 1.29 is 79.9 Å². The van der Waals surface area contributed by atoms with Gasteiger partial charge in [-0.05, 0) is 0 Å². The molecule has 16 nitrogen and oxygen atoms in total. The second kappa shape index (κ2) is 11.6. The molecule has 3 fully saturated rings. The average molecular weight is 504 g/mol. The summed E-state index contributed by atoms with van der Waals surface area (Å²) in [6.45, 7) is -2.31. The molecule has 0 radical (unpaired) electrons. The molecule has 0 bridgehead atoms. The highest BCUT2D eigenvalue weighted by molar-refractivity contribution is 4.95. The molecule has 0 aromatic carbocycles. The molecule has 3 aliphatic rings. The highest BCUT2D eigenvalue weighted by Crippen LogP contribution is 2.32. The van der Waals surface area contributed by atoms with Crippen molar-refractivity contribution >= 4 is 0 Å². The Bertz CT molecular complexity index is 639. The predicted molar refractivity (Wildman–Crippen MR) is 101 cm³/mol. The molecule has 9 unspecified atom stereocenters. The molecule has 0 aliphatic carbocycles. The van der Waals surface area contributed by atoms with Gasteiger partial charge in [-0.25, -0.2) is 0 Å². The lowest BCUT2D eigenvalue weighted by molar-refractivity contribution is -0.391. The van der Waals surface area contributed by atoms with Crippen molar-refractivity contribution in [2.24, 2.45) is 0 Å². The van der Waals surface area contributed by atoms with Gasteiger partial charge >= 0.3 is 0 Å². The third-order valence-electron chi connectivity index (χ3n) is 6.10. The highest BCUT2D eigenvalue weighted by atomic mass is 16.8. The van der Waals surface area contributed by atoms with Crippen LogP contribution in [0.2, 0.25) is 0 Å². The van der Waals surface area contributed by atoms with Crippen LogP contribution < -0.4 is 0 Å². The summed E-state index contributed by atoms with van der Waals surface area (Å²) in [5, 5.41) is 109. The molecule has 3 saturated heterocycles. The van der Waals surface area contributed by atoms with Gasteiger partial charge in [-0.2, -0.15) is 0 Å². The van der Waals surface area contributed by atoms with Crippen molar-refractivity contribution in [2.45, 2.75) is 92.1 Å². The van der Waals surface area contributed by atoms with E-state index in [1.54, 1.807) is 0 Å². The van der Waals surface area contributed by atoms with Gasteiger partial charge in [0.2, 0.25) is 0 Å². The van der Waals surface area contributed by atoms with Crippen molar-refractivity contribution in [1.82, 2.24) is 0 Å². The molecule has 0 aromatic heterocycles. The summed E-state index contributed by atoms with van der Waals surface area (Å²) in [5.74, 6) is 0. The molecule has 3 aliphatic heterocycles. The van der Waals surface area contributed by atoms with E-state index in [1.807, 2.05) is 0 Å². The number of hydrogen-bond acceptors (Lipinski definition) is 16. The van der Waals surface area contributed by atoms with Gasteiger partial charge in [-0.3, -0.25) is 0 Å². The fourth-order valence-corrected chi connectivity index (χ4v) is 4.02. The first-order chi connectivity index (χ1) is 16.0. The average Bonchev–Trinajstić information content (AvgIpc) is 2.83. The largest absolute Gasteiger partial charge is 0.394 e. The molecule has 0 saturated carbocycles. The zero-order valence-electron chi connectivity index (χ0n) is 17.7. The Labute approximate surface area is 192 Å². The van der Waals surface area contributed by atoms with E-state index in [9.17, 15) is 56.2 Å². The summed E-state index contributed by atoms with van der Waals surface area (Å²) in [6, 6.07) is 0. The summed E-state index contributed by atoms with van der Waals surface area (Å²) in [4.78, 5) is 0. The number of rotatable bonds is 7. The van der Waals surface area contributed by atoms with Gasteiger partial charge in [-0.1, -0.05) is 0 Å². The van der Waals surface area contributed by atoms with Crippen LogP contribution in [-0.2, 0) is 23.7 Å². The SMILES string of the molecule is OCC1O[C@@H](OC2C(O)[C@H](O)C(CO)O[C@H]2OC2C(O)[C@H](O)C(CO)O[C@H]2O)C(O)C(O)[C@@H]1O. The quantitative estimate of drug-likeness (QED) is 0.154. The third-order valence-corrected chi connectivity index (χ3v) is 6.10.